The molecule has 72 valence electrons. The van der Waals surface area contributed by atoms with Crippen molar-refractivity contribution in [3.05, 3.63) is 0 Å². The monoisotopic (exact) mass is 172 g/mol. The van der Waals surface area contributed by atoms with E-state index in [0.29, 0.717) is 6.04 Å². The summed E-state index contributed by atoms with van der Waals surface area (Å²) in [6.07, 6.45) is -0.194. The smallest absolute Gasteiger partial charge is 0.0639 e. The second kappa shape index (κ2) is 4.21. The number of rotatable bonds is 2. The summed E-state index contributed by atoms with van der Waals surface area (Å²) in [7, 11) is 2.16. The first kappa shape index (κ1) is 9.96. The van der Waals surface area contributed by atoms with Crippen molar-refractivity contribution in [2.75, 3.05) is 33.2 Å². The van der Waals surface area contributed by atoms with Crippen molar-refractivity contribution in [1.29, 1.82) is 0 Å². The largest absolute Gasteiger partial charge is 0.392 e. The van der Waals surface area contributed by atoms with Crippen molar-refractivity contribution in [1.82, 2.24) is 9.80 Å². The summed E-state index contributed by atoms with van der Waals surface area (Å²) in [5, 5.41) is 9.20. The van der Waals surface area contributed by atoms with Gasteiger partial charge in [-0.05, 0) is 20.9 Å². The summed E-state index contributed by atoms with van der Waals surface area (Å²) in [4.78, 5) is 4.69. The van der Waals surface area contributed by atoms with Gasteiger partial charge in [0.1, 0.15) is 0 Å². The van der Waals surface area contributed by atoms with E-state index in [1.165, 1.54) is 0 Å². The van der Waals surface area contributed by atoms with Crippen molar-refractivity contribution in [2.24, 2.45) is 0 Å². The van der Waals surface area contributed by atoms with Gasteiger partial charge in [-0.2, -0.15) is 0 Å². The molecule has 0 aromatic carbocycles. The third-order valence-electron chi connectivity index (χ3n) is 2.57. The fourth-order valence-corrected chi connectivity index (χ4v) is 1.66. The van der Waals surface area contributed by atoms with Gasteiger partial charge in [-0.3, -0.25) is 4.90 Å². The zero-order chi connectivity index (χ0) is 9.14. The summed E-state index contributed by atoms with van der Waals surface area (Å²) in [5.74, 6) is 0. The summed E-state index contributed by atoms with van der Waals surface area (Å²) in [6, 6.07) is 0.623. The maximum absolute atomic E-state index is 9.20. The van der Waals surface area contributed by atoms with Gasteiger partial charge in [-0.1, -0.05) is 0 Å². The molecule has 0 radical (unpaired) electrons. The first-order valence-electron chi connectivity index (χ1n) is 4.70. The van der Waals surface area contributed by atoms with Crippen LogP contribution in [-0.4, -0.2) is 60.3 Å². The second-order valence-electron chi connectivity index (χ2n) is 3.94. The Kier molecular flexibility index (Phi) is 3.50. The Hall–Kier alpha value is -0.120. The number of hydrogen-bond donors (Lipinski definition) is 1. The number of hydrogen-bond acceptors (Lipinski definition) is 3. The molecule has 1 heterocycles. The molecule has 0 amide bonds. The average molecular weight is 172 g/mol. The van der Waals surface area contributed by atoms with Gasteiger partial charge >= 0.3 is 0 Å². The molecular weight excluding hydrogens is 152 g/mol. The lowest BCUT2D eigenvalue weighted by Crippen LogP contribution is -2.51. The van der Waals surface area contributed by atoms with Crippen LogP contribution in [0.25, 0.3) is 0 Å². The molecule has 0 aromatic rings. The number of piperazine rings is 1. The van der Waals surface area contributed by atoms with Gasteiger partial charge in [0.25, 0.3) is 0 Å². The van der Waals surface area contributed by atoms with Crippen LogP contribution in [0.2, 0.25) is 0 Å². The highest BCUT2D eigenvalue weighted by molar-refractivity contribution is 4.77. The van der Waals surface area contributed by atoms with E-state index in [4.69, 9.17) is 0 Å². The Balaban J connectivity index is 2.30. The Bertz CT molecular complexity index is 138. The molecule has 0 aromatic heterocycles. The zero-order valence-corrected chi connectivity index (χ0v) is 8.32. The van der Waals surface area contributed by atoms with Gasteiger partial charge in [0.05, 0.1) is 6.10 Å². The third-order valence-corrected chi connectivity index (χ3v) is 2.57. The van der Waals surface area contributed by atoms with E-state index in [2.05, 4.69) is 23.8 Å². The Morgan fingerprint density at radius 3 is 2.67 bits per heavy atom. The molecule has 0 aliphatic carbocycles. The van der Waals surface area contributed by atoms with Crippen LogP contribution in [0, 0.1) is 0 Å². The molecule has 1 saturated heterocycles. The van der Waals surface area contributed by atoms with Crippen LogP contribution in [0.15, 0.2) is 0 Å². The molecule has 1 aliphatic rings. The van der Waals surface area contributed by atoms with Crippen molar-refractivity contribution in [3.63, 3.8) is 0 Å². The maximum atomic E-state index is 9.20. The molecule has 0 saturated carbocycles. The molecule has 1 rings (SSSR count). The van der Waals surface area contributed by atoms with Crippen molar-refractivity contribution in [2.45, 2.75) is 26.0 Å². The zero-order valence-electron chi connectivity index (χ0n) is 8.32. The summed E-state index contributed by atoms with van der Waals surface area (Å²) >= 11 is 0. The quantitative estimate of drug-likeness (QED) is 0.635. The summed E-state index contributed by atoms with van der Waals surface area (Å²) in [6.45, 7) is 8.19. The van der Waals surface area contributed by atoms with E-state index in [1.54, 1.807) is 0 Å². The molecule has 3 nitrogen and oxygen atoms in total. The molecular formula is C9H20N2O. The van der Waals surface area contributed by atoms with Gasteiger partial charge in [-0.15, -0.1) is 0 Å². The number of aliphatic hydroxyl groups excluding tert-OH is 1. The predicted molar refractivity (Wildman–Crippen MR) is 50.2 cm³/mol. The summed E-state index contributed by atoms with van der Waals surface area (Å²) < 4.78 is 0. The van der Waals surface area contributed by atoms with E-state index >= 15 is 0 Å². The fraction of sp³-hybridized carbons (Fsp3) is 1.00. The molecule has 1 fully saturated rings. The lowest BCUT2D eigenvalue weighted by molar-refractivity contribution is 0.0638. The lowest BCUT2D eigenvalue weighted by atomic mass is 10.2. The SMILES string of the molecule is C[C@@H]1CN(C[C@@H](C)O)CCN1C. The minimum Gasteiger partial charge on any atom is -0.392 e. The minimum absolute atomic E-state index is 0.194. The minimum atomic E-state index is -0.194. The van der Waals surface area contributed by atoms with E-state index in [9.17, 15) is 5.11 Å². The highest BCUT2D eigenvalue weighted by Crippen LogP contribution is 2.06. The Morgan fingerprint density at radius 2 is 2.17 bits per heavy atom. The van der Waals surface area contributed by atoms with Crippen LogP contribution in [0.3, 0.4) is 0 Å². The number of likely N-dealkylation sites (N-methyl/N-ethyl adjacent to an activating group) is 1. The van der Waals surface area contributed by atoms with Crippen LogP contribution >= 0.6 is 0 Å². The predicted octanol–water partition coefficient (Wildman–Crippen LogP) is 0.00310. The number of nitrogens with zero attached hydrogens (tertiary/aromatic N) is 2. The molecule has 0 unspecified atom stereocenters. The van der Waals surface area contributed by atoms with Gasteiger partial charge in [0.2, 0.25) is 0 Å². The van der Waals surface area contributed by atoms with Crippen molar-refractivity contribution >= 4 is 0 Å². The number of β-amino-alcohol motifs (C(OH)–C–C–N with tert-alkyl or cyclic N) is 1. The molecule has 0 spiro atoms. The van der Waals surface area contributed by atoms with Crippen molar-refractivity contribution < 1.29 is 5.11 Å². The molecule has 0 bridgehead atoms. The maximum Gasteiger partial charge on any atom is 0.0639 e. The number of aliphatic hydroxyl groups is 1. The van der Waals surface area contributed by atoms with E-state index in [-0.39, 0.29) is 6.10 Å². The van der Waals surface area contributed by atoms with Gasteiger partial charge in [0, 0.05) is 32.2 Å². The van der Waals surface area contributed by atoms with Gasteiger partial charge < -0.3 is 10.0 Å². The first-order valence-corrected chi connectivity index (χ1v) is 4.70. The van der Waals surface area contributed by atoms with E-state index in [0.717, 1.165) is 26.2 Å². The average Bonchev–Trinajstić information content (AvgIpc) is 1.96. The molecule has 12 heavy (non-hydrogen) atoms. The van der Waals surface area contributed by atoms with E-state index < -0.39 is 0 Å². The van der Waals surface area contributed by atoms with Crippen LogP contribution in [0.4, 0.5) is 0 Å². The topological polar surface area (TPSA) is 26.7 Å². The normalized spacial score (nSPS) is 30.5. The Morgan fingerprint density at radius 1 is 1.50 bits per heavy atom. The molecule has 3 heteroatoms. The molecule has 2 atom stereocenters. The summed E-state index contributed by atoms with van der Waals surface area (Å²) in [5.41, 5.74) is 0. The first-order chi connectivity index (χ1) is 5.59. The van der Waals surface area contributed by atoms with Crippen LogP contribution in [0.5, 0.6) is 0 Å². The van der Waals surface area contributed by atoms with Crippen molar-refractivity contribution in [3.8, 4) is 0 Å². The third kappa shape index (κ3) is 2.73. The van der Waals surface area contributed by atoms with Crippen LogP contribution in [-0.2, 0) is 0 Å². The van der Waals surface area contributed by atoms with Gasteiger partial charge in [-0.25, -0.2) is 0 Å². The standard InChI is InChI=1S/C9H20N2O/c1-8-6-11(7-9(2)12)5-4-10(8)3/h8-9,12H,4-7H2,1-3H3/t8-,9-/m1/s1. The fourth-order valence-electron chi connectivity index (χ4n) is 1.66. The highest BCUT2D eigenvalue weighted by atomic mass is 16.3. The Labute approximate surface area is 75.0 Å². The lowest BCUT2D eigenvalue weighted by Gasteiger charge is -2.38. The van der Waals surface area contributed by atoms with Crippen LogP contribution in [0.1, 0.15) is 13.8 Å². The van der Waals surface area contributed by atoms with E-state index in [1.807, 2.05) is 6.92 Å². The second-order valence-corrected chi connectivity index (χ2v) is 3.94. The molecule has 1 N–H and O–H groups in total. The highest BCUT2D eigenvalue weighted by Gasteiger charge is 2.20. The van der Waals surface area contributed by atoms with Crippen LogP contribution < -0.4 is 0 Å². The van der Waals surface area contributed by atoms with Gasteiger partial charge in [0.15, 0.2) is 0 Å². The molecule has 1 aliphatic heterocycles.